The Hall–Kier alpha value is -1.06. The average molecular weight is 276 g/mol. The molecule has 0 bridgehead atoms. The third-order valence-electron chi connectivity index (χ3n) is 4.12. The van der Waals surface area contributed by atoms with Crippen LogP contribution in [-0.4, -0.2) is 30.1 Å². The summed E-state index contributed by atoms with van der Waals surface area (Å²) in [6.45, 7) is 10.5. The number of nitrogens with two attached hydrogens (primary N) is 1. The van der Waals surface area contributed by atoms with Gasteiger partial charge in [0.25, 0.3) is 0 Å². The number of hydrogen-bond acceptors (Lipinski definition) is 3. The van der Waals surface area contributed by atoms with E-state index in [1.54, 1.807) is 0 Å². The van der Waals surface area contributed by atoms with Crippen LogP contribution < -0.4 is 10.5 Å². The molecule has 2 N–H and O–H groups in total. The van der Waals surface area contributed by atoms with Gasteiger partial charge >= 0.3 is 0 Å². The molecule has 1 aromatic carbocycles. The average Bonchev–Trinajstić information content (AvgIpc) is 2.83. The van der Waals surface area contributed by atoms with Gasteiger partial charge in [0.05, 0.1) is 6.10 Å². The highest BCUT2D eigenvalue weighted by molar-refractivity contribution is 5.30. The normalized spacial score (nSPS) is 23.8. The molecular formula is C17H28N2O. The molecule has 1 aromatic rings. The molecule has 0 saturated carbocycles. The minimum Gasteiger partial charge on any atom is -0.491 e. The summed E-state index contributed by atoms with van der Waals surface area (Å²) in [6, 6.07) is 9.58. The van der Waals surface area contributed by atoms with Gasteiger partial charge in [-0.05, 0) is 70.8 Å². The van der Waals surface area contributed by atoms with E-state index in [0.717, 1.165) is 18.8 Å². The zero-order valence-electron chi connectivity index (χ0n) is 13.2. The fourth-order valence-electron chi connectivity index (χ4n) is 3.19. The summed E-state index contributed by atoms with van der Waals surface area (Å²) >= 11 is 0. The smallest absolute Gasteiger partial charge is 0.119 e. The van der Waals surface area contributed by atoms with Gasteiger partial charge in [-0.1, -0.05) is 12.1 Å². The molecule has 2 unspecified atom stereocenters. The minimum absolute atomic E-state index is 0.219. The van der Waals surface area contributed by atoms with Crippen LogP contribution in [0.3, 0.4) is 0 Å². The summed E-state index contributed by atoms with van der Waals surface area (Å²) in [5.74, 6) is 1.51. The standard InChI is InChI=1S/C17H28N2O/c1-12(2)19-10-9-15(11-18)17(19)14-5-7-16(8-6-14)20-13(3)4/h5-8,12-13,15,17H,9-11,18H2,1-4H3. The monoisotopic (exact) mass is 276 g/mol. The fourth-order valence-corrected chi connectivity index (χ4v) is 3.19. The molecular weight excluding hydrogens is 248 g/mol. The molecule has 1 saturated heterocycles. The van der Waals surface area contributed by atoms with Crippen molar-refractivity contribution in [1.29, 1.82) is 0 Å². The van der Waals surface area contributed by atoms with E-state index in [9.17, 15) is 0 Å². The summed E-state index contributed by atoms with van der Waals surface area (Å²) < 4.78 is 5.72. The third-order valence-corrected chi connectivity index (χ3v) is 4.12. The number of likely N-dealkylation sites (tertiary alicyclic amines) is 1. The predicted octanol–water partition coefficient (Wildman–Crippen LogP) is 3.20. The largest absolute Gasteiger partial charge is 0.491 e. The van der Waals surface area contributed by atoms with Crippen molar-refractivity contribution in [2.24, 2.45) is 11.7 Å². The van der Waals surface area contributed by atoms with E-state index in [1.165, 1.54) is 12.0 Å². The van der Waals surface area contributed by atoms with Gasteiger partial charge < -0.3 is 10.5 Å². The Labute approximate surface area is 123 Å². The number of rotatable bonds is 5. The molecule has 3 nitrogen and oxygen atoms in total. The first-order valence-corrected chi connectivity index (χ1v) is 7.75. The molecule has 20 heavy (non-hydrogen) atoms. The van der Waals surface area contributed by atoms with Crippen molar-refractivity contribution in [3.63, 3.8) is 0 Å². The Balaban J connectivity index is 2.19. The quantitative estimate of drug-likeness (QED) is 0.897. The zero-order valence-corrected chi connectivity index (χ0v) is 13.2. The Morgan fingerprint density at radius 3 is 2.35 bits per heavy atom. The molecule has 3 heteroatoms. The number of ether oxygens (including phenoxy) is 1. The van der Waals surface area contributed by atoms with Gasteiger partial charge in [-0.15, -0.1) is 0 Å². The van der Waals surface area contributed by atoms with Crippen LogP contribution >= 0.6 is 0 Å². The van der Waals surface area contributed by atoms with E-state index >= 15 is 0 Å². The molecule has 0 spiro atoms. The van der Waals surface area contributed by atoms with Gasteiger partial charge in [0, 0.05) is 12.1 Å². The molecule has 0 aromatic heterocycles. The van der Waals surface area contributed by atoms with Crippen LogP contribution in [0, 0.1) is 5.92 Å². The second kappa shape index (κ2) is 6.59. The number of nitrogens with zero attached hydrogens (tertiary/aromatic N) is 1. The second-order valence-corrected chi connectivity index (χ2v) is 6.30. The van der Waals surface area contributed by atoms with Crippen molar-refractivity contribution in [1.82, 2.24) is 4.90 Å². The highest BCUT2D eigenvalue weighted by atomic mass is 16.5. The lowest BCUT2D eigenvalue weighted by molar-refractivity contribution is 0.184. The Morgan fingerprint density at radius 2 is 1.85 bits per heavy atom. The van der Waals surface area contributed by atoms with Crippen molar-refractivity contribution in [2.75, 3.05) is 13.1 Å². The lowest BCUT2D eigenvalue weighted by Gasteiger charge is -2.31. The van der Waals surface area contributed by atoms with Crippen molar-refractivity contribution >= 4 is 0 Å². The van der Waals surface area contributed by atoms with E-state index in [1.807, 2.05) is 0 Å². The topological polar surface area (TPSA) is 38.5 Å². The van der Waals surface area contributed by atoms with E-state index in [-0.39, 0.29) is 6.10 Å². The summed E-state index contributed by atoms with van der Waals surface area (Å²) in [5.41, 5.74) is 7.33. The highest BCUT2D eigenvalue weighted by Crippen LogP contribution is 2.38. The predicted molar refractivity (Wildman–Crippen MR) is 84.0 cm³/mol. The first kappa shape index (κ1) is 15.3. The van der Waals surface area contributed by atoms with E-state index < -0.39 is 0 Å². The third kappa shape index (κ3) is 3.33. The summed E-state index contributed by atoms with van der Waals surface area (Å²) in [6.07, 6.45) is 1.42. The maximum absolute atomic E-state index is 5.97. The molecule has 0 amide bonds. The van der Waals surface area contributed by atoms with Crippen LogP contribution in [0.4, 0.5) is 0 Å². The van der Waals surface area contributed by atoms with Crippen LogP contribution in [0.25, 0.3) is 0 Å². The van der Waals surface area contributed by atoms with Crippen LogP contribution in [-0.2, 0) is 0 Å². The fraction of sp³-hybridized carbons (Fsp3) is 0.647. The van der Waals surface area contributed by atoms with Crippen molar-refractivity contribution in [2.45, 2.75) is 52.3 Å². The van der Waals surface area contributed by atoms with Gasteiger partial charge in [0.2, 0.25) is 0 Å². The highest BCUT2D eigenvalue weighted by Gasteiger charge is 2.35. The Bertz CT molecular complexity index is 414. The lowest BCUT2D eigenvalue weighted by atomic mass is 9.93. The van der Waals surface area contributed by atoms with Crippen molar-refractivity contribution < 1.29 is 4.74 Å². The van der Waals surface area contributed by atoms with E-state index in [2.05, 4.69) is 56.9 Å². The van der Waals surface area contributed by atoms with Crippen LogP contribution in [0.15, 0.2) is 24.3 Å². The first-order chi connectivity index (χ1) is 9.52. The Morgan fingerprint density at radius 1 is 1.20 bits per heavy atom. The van der Waals surface area contributed by atoms with Crippen LogP contribution in [0.5, 0.6) is 5.75 Å². The molecule has 112 valence electrons. The molecule has 2 rings (SSSR count). The zero-order chi connectivity index (χ0) is 14.7. The first-order valence-electron chi connectivity index (χ1n) is 7.75. The molecule has 2 atom stereocenters. The minimum atomic E-state index is 0.219. The van der Waals surface area contributed by atoms with Crippen LogP contribution in [0.2, 0.25) is 0 Å². The van der Waals surface area contributed by atoms with Gasteiger partial charge in [0.15, 0.2) is 0 Å². The van der Waals surface area contributed by atoms with Crippen molar-refractivity contribution in [3.8, 4) is 5.75 Å². The summed E-state index contributed by atoms with van der Waals surface area (Å²) in [4.78, 5) is 2.57. The molecule has 1 aliphatic rings. The molecule has 1 heterocycles. The van der Waals surface area contributed by atoms with E-state index in [0.29, 0.717) is 18.0 Å². The Kier molecular flexibility index (Phi) is 5.06. The van der Waals surface area contributed by atoms with Gasteiger partial charge in [0.1, 0.15) is 5.75 Å². The van der Waals surface area contributed by atoms with E-state index in [4.69, 9.17) is 10.5 Å². The maximum atomic E-state index is 5.97. The SMILES string of the molecule is CC(C)Oc1ccc(C2C(CN)CCN2C(C)C)cc1. The summed E-state index contributed by atoms with van der Waals surface area (Å²) in [7, 11) is 0. The molecule has 1 aliphatic heterocycles. The van der Waals surface area contributed by atoms with Crippen LogP contribution in [0.1, 0.15) is 45.7 Å². The maximum Gasteiger partial charge on any atom is 0.119 e. The van der Waals surface area contributed by atoms with Gasteiger partial charge in [-0.2, -0.15) is 0 Å². The number of benzene rings is 1. The second-order valence-electron chi connectivity index (χ2n) is 6.30. The number of hydrogen-bond donors (Lipinski definition) is 1. The lowest BCUT2D eigenvalue weighted by Crippen LogP contribution is -2.33. The molecule has 1 fully saturated rings. The summed E-state index contributed by atoms with van der Waals surface area (Å²) in [5, 5.41) is 0. The molecule has 0 radical (unpaired) electrons. The van der Waals surface area contributed by atoms with Gasteiger partial charge in [-0.3, -0.25) is 4.90 Å². The molecule has 0 aliphatic carbocycles. The van der Waals surface area contributed by atoms with Gasteiger partial charge in [-0.25, -0.2) is 0 Å². The van der Waals surface area contributed by atoms with Crippen molar-refractivity contribution in [3.05, 3.63) is 29.8 Å².